The summed E-state index contributed by atoms with van der Waals surface area (Å²) in [6.45, 7) is 0. The van der Waals surface area contributed by atoms with E-state index in [-0.39, 0.29) is 16.9 Å². The fraction of sp³-hybridized carbons (Fsp3) is 0.458. The number of hydrogen-bond acceptors (Lipinski definition) is 3. The number of para-hydroxylation sites is 1. The number of likely N-dealkylation sites (N-methyl/N-ethyl adjacent to an activating group) is 1. The second-order valence-electron chi connectivity index (χ2n) is 9.16. The molecule has 5 heteroatoms. The minimum Gasteiger partial charge on any atom is -0.354 e. The van der Waals surface area contributed by atoms with Crippen LogP contribution in [0.3, 0.4) is 0 Å². The monoisotopic (exact) mass is 386 g/mol. The normalized spacial score (nSPS) is 30.2. The Morgan fingerprint density at radius 1 is 1.17 bits per heavy atom. The highest BCUT2D eigenvalue weighted by atomic mass is 16.1. The van der Waals surface area contributed by atoms with E-state index in [1.165, 1.54) is 38.5 Å². The summed E-state index contributed by atoms with van der Waals surface area (Å²) < 4.78 is 1.92. The molecule has 1 N–H and O–H groups in total. The van der Waals surface area contributed by atoms with Crippen molar-refractivity contribution >= 4 is 12.0 Å². The lowest BCUT2D eigenvalue weighted by atomic mass is 9.48. The van der Waals surface area contributed by atoms with Crippen molar-refractivity contribution in [3.63, 3.8) is 0 Å². The highest BCUT2D eigenvalue weighted by molar-refractivity contribution is 6.01. The lowest BCUT2D eigenvalue weighted by Gasteiger charge is -2.56. The zero-order valence-electron chi connectivity index (χ0n) is 16.8. The number of carbonyl (C=O) groups is 1. The van der Waals surface area contributed by atoms with Crippen LogP contribution in [0, 0.1) is 29.1 Å². The summed E-state index contributed by atoms with van der Waals surface area (Å²) >= 11 is 0. The molecule has 0 atom stereocenters. The zero-order chi connectivity index (χ0) is 20.0. The molecule has 2 aromatic rings. The van der Waals surface area contributed by atoms with Crippen molar-refractivity contribution in [3.8, 4) is 11.8 Å². The molecule has 0 aliphatic heterocycles. The molecule has 0 radical (unpaired) electrons. The number of carbonyl (C=O) groups excluding carboxylic acids is 1. The van der Waals surface area contributed by atoms with Gasteiger partial charge >= 0.3 is 0 Å². The van der Waals surface area contributed by atoms with Crippen LogP contribution in [0.15, 0.2) is 42.1 Å². The van der Waals surface area contributed by atoms with Gasteiger partial charge in [-0.15, -0.1) is 0 Å². The second kappa shape index (κ2) is 6.88. The predicted octanol–water partition coefficient (Wildman–Crippen LogP) is 3.99. The third kappa shape index (κ3) is 3.07. The number of nitriles is 1. The SMILES string of the molecule is CNC(=O)C(C#N)=Cc1cn(-c2ccccc2)nc1C12CC3CC(CC(C3)C1)C2. The van der Waals surface area contributed by atoms with Gasteiger partial charge in [-0.2, -0.15) is 10.4 Å². The first-order chi connectivity index (χ1) is 14.1. The standard InChI is InChI=1S/C24H26N4O/c1-26-23(29)19(14-25)10-20-15-28(21-5-3-2-4-6-21)27-22(20)24-11-16-7-17(12-24)9-18(8-16)13-24/h2-6,10,15-18H,7-9,11-13H2,1H3,(H,26,29). The van der Waals surface area contributed by atoms with Gasteiger partial charge in [-0.3, -0.25) is 4.79 Å². The van der Waals surface area contributed by atoms with Gasteiger partial charge in [0, 0.05) is 24.2 Å². The molecular formula is C24H26N4O. The molecule has 4 aliphatic carbocycles. The molecule has 0 spiro atoms. The lowest BCUT2D eigenvalue weighted by molar-refractivity contribution is -0.116. The van der Waals surface area contributed by atoms with E-state index in [1.54, 1.807) is 13.1 Å². The predicted molar refractivity (Wildman–Crippen MR) is 111 cm³/mol. The van der Waals surface area contributed by atoms with Crippen molar-refractivity contribution in [3.05, 3.63) is 53.4 Å². The molecule has 0 unspecified atom stereocenters. The van der Waals surface area contributed by atoms with Gasteiger partial charge < -0.3 is 5.32 Å². The first-order valence-electron chi connectivity index (χ1n) is 10.6. The summed E-state index contributed by atoms with van der Waals surface area (Å²) in [4.78, 5) is 12.2. The first kappa shape index (κ1) is 18.2. The summed E-state index contributed by atoms with van der Waals surface area (Å²) in [6, 6.07) is 12.1. The Bertz CT molecular complexity index is 976. The van der Waals surface area contributed by atoms with Gasteiger partial charge in [0.1, 0.15) is 11.6 Å². The van der Waals surface area contributed by atoms with E-state index in [0.717, 1.165) is 34.7 Å². The fourth-order valence-corrected chi connectivity index (χ4v) is 6.46. The average Bonchev–Trinajstić information content (AvgIpc) is 3.16. The van der Waals surface area contributed by atoms with E-state index >= 15 is 0 Å². The second-order valence-corrected chi connectivity index (χ2v) is 9.16. The average molecular weight is 386 g/mol. The summed E-state index contributed by atoms with van der Waals surface area (Å²) in [6.07, 6.45) is 11.4. The molecule has 1 aromatic carbocycles. The van der Waals surface area contributed by atoms with Crippen LogP contribution >= 0.6 is 0 Å². The van der Waals surface area contributed by atoms with E-state index in [1.807, 2.05) is 41.2 Å². The summed E-state index contributed by atoms with van der Waals surface area (Å²) in [5.41, 5.74) is 3.21. The summed E-state index contributed by atoms with van der Waals surface area (Å²) in [5, 5.41) is 17.2. The van der Waals surface area contributed by atoms with Gasteiger partial charge in [-0.25, -0.2) is 4.68 Å². The number of nitrogens with one attached hydrogen (secondary N) is 1. The molecule has 4 bridgehead atoms. The van der Waals surface area contributed by atoms with E-state index in [4.69, 9.17) is 5.10 Å². The smallest absolute Gasteiger partial charge is 0.261 e. The van der Waals surface area contributed by atoms with Gasteiger partial charge in [0.25, 0.3) is 5.91 Å². The van der Waals surface area contributed by atoms with Crippen LogP contribution in [-0.2, 0) is 10.2 Å². The van der Waals surface area contributed by atoms with Crippen LogP contribution < -0.4 is 5.32 Å². The molecule has 5 nitrogen and oxygen atoms in total. The quantitative estimate of drug-likeness (QED) is 0.638. The van der Waals surface area contributed by atoms with Crippen LogP contribution in [0.2, 0.25) is 0 Å². The third-order valence-corrected chi connectivity index (χ3v) is 7.20. The van der Waals surface area contributed by atoms with Crippen LogP contribution in [0.4, 0.5) is 0 Å². The van der Waals surface area contributed by atoms with E-state index in [9.17, 15) is 10.1 Å². The Morgan fingerprint density at radius 3 is 2.34 bits per heavy atom. The maximum Gasteiger partial charge on any atom is 0.261 e. The lowest BCUT2D eigenvalue weighted by Crippen LogP contribution is -2.49. The molecule has 4 saturated carbocycles. The van der Waals surface area contributed by atoms with Crippen LogP contribution in [-0.4, -0.2) is 22.7 Å². The van der Waals surface area contributed by atoms with Gasteiger partial charge in [-0.1, -0.05) is 18.2 Å². The Labute approximate surface area is 171 Å². The van der Waals surface area contributed by atoms with Gasteiger partial charge in [0.15, 0.2) is 0 Å². The number of nitrogens with zero attached hydrogens (tertiary/aromatic N) is 3. The third-order valence-electron chi connectivity index (χ3n) is 7.20. The Hall–Kier alpha value is -2.87. The Morgan fingerprint density at radius 2 is 1.79 bits per heavy atom. The maximum atomic E-state index is 12.2. The van der Waals surface area contributed by atoms with Crippen molar-refractivity contribution in [1.29, 1.82) is 5.26 Å². The molecule has 148 valence electrons. The van der Waals surface area contributed by atoms with Crippen molar-refractivity contribution in [2.24, 2.45) is 17.8 Å². The van der Waals surface area contributed by atoms with Crippen molar-refractivity contribution in [2.45, 2.75) is 43.9 Å². The minimum absolute atomic E-state index is 0.0872. The number of hydrogen-bond donors (Lipinski definition) is 1. The zero-order valence-corrected chi connectivity index (χ0v) is 16.8. The highest BCUT2D eigenvalue weighted by Gasteiger charge is 2.53. The van der Waals surface area contributed by atoms with Crippen LogP contribution in [0.5, 0.6) is 0 Å². The van der Waals surface area contributed by atoms with Crippen LogP contribution in [0.25, 0.3) is 11.8 Å². The molecule has 4 aliphatic rings. The molecule has 1 aromatic heterocycles. The molecule has 1 amide bonds. The molecule has 4 fully saturated rings. The Balaban J connectivity index is 1.64. The topological polar surface area (TPSA) is 70.7 Å². The molecular weight excluding hydrogens is 360 g/mol. The Kier molecular flexibility index (Phi) is 4.31. The molecule has 6 rings (SSSR count). The molecule has 29 heavy (non-hydrogen) atoms. The highest BCUT2D eigenvalue weighted by Crippen LogP contribution is 2.61. The minimum atomic E-state index is -0.351. The fourth-order valence-electron chi connectivity index (χ4n) is 6.46. The van der Waals surface area contributed by atoms with Crippen molar-refractivity contribution in [2.75, 3.05) is 7.05 Å². The van der Waals surface area contributed by atoms with Crippen LogP contribution in [0.1, 0.15) is 49.8 Å². The van der Waals surface area contributed by atoms with E-state index in [0.29, 0.717) is 0 Å². The van der Waals surface area contributed by atoms with Gasteiger partial charge in [0.05, 0.1) is 11.4 Å². The van der Waals surface area contributed by atoms with E-state index in [2.05, 4.69) is 11.4 Å². The van der Waals surface area contributed by atoms with Gasteiger partial charge in [0.2, 0.25) is 0 Å². The number of rotatable bonds is 4. The van der Waals surface area contributed by atoms with Crippen molar-refractivity contribution in [1.82, 2.24) is 15.1 Å². The maximum absolute atomic E-state index is 12.2. The molecule has 1 heterocycles. The number of benzene rings is 1. The first-order valence-corrected chi connectivity index (χ1v) is 10.6. The van der Waals surface area contributed by atoms with Gasteiger partial charge in [-0.05, 0) is 74.5 Å². The van der Waals surface area contributed by atoms with E-state index < -0.39 is 0 Å². The number of aromatic nitrogens is 2. The summed E-state index contributed by atoms with van der Waals surface area (Å²) in [7, 11) is 1.56. The molecule has 0 saturated heterocycles. The van der Waals surface area contributed by atoms with Crippen molar-refractivity contribution < 1.29 is 4.79 Å². The summed E-state index contributed by atoms with van der Waals surface area (Å²) in [5.74, 6) is 2.05. The number of amides is 1. The largest absolute Gasteiger partial charge is 0.354 e.